The van der Waals surface area contributed by atoms with Crippen LogP contribution in [-0.2, 0) is 10.2 Å². The van der Waals surface area contributed by atoms with Crippen LogP contribution in [0.1, 0.15) is 20.3 Å². The van der Waals surface area contributed by atoms with Gasteiger partial charge in [-0.2, -0.15) is 17.0 Å². The third-order valence-corrected chi connectivity index (χ3v) is 5.64. The number of nitrogens with two attached hydrogens (primary N) is 1. The Morgan fingerprint density at radius 2 is 1.78 bits per heavy atom. The van der Waals surface area contributed by atoms with Crippen LogP contribution in [0.4, 0.5) is 0 Å². The maximum atomic E-state index is 12.4. The zero-order valence-corrected chi connectivity index (χ0v) is 12.7. The summed E-state index contributed by atoms with van der Waals surface area (Å²) in [6, 6.07) is 0.484. The highest BCUT2D eigenvalue weighted by atomic mass is 32.2. The predicted octanol–water partition coefficient (Wildman–Crippen LogP) is -0.464. The van der Waals surface area contributed by atoms with Crippen LogP contribution in [0.2, 0.25) is 0 Å². The minimum absolute atomic E-state index is 0.242. The molecule has 7 heteroatoms. The van der Waals surface area contributed by atoms with Gasteiger partial charge in [-0.3, -0.25) is 4.90 Å². The zero-order chi connectivity index (χ0) is 13.9. The molecule has 0 amide bonds. The predicted molar refractivity (Wildman–Crippen MR) is 73.5 cm³/mol. The van der Waals surface area contributed by atoms with E-state index in [1.54, 1.807) is 11.4 Å². The van der Waals surface area contributed by atoms with Crippen molar-refractivity contribution in [2.75, 3.05) is 40.3 Å². The molecule has 1 heterocycles. The van der Waals surface area contributed by atoms with E-state index in [-0.39, 0.29) is 12.1 Å². The van der Waals surface area contributed by atoms with Crippen molar-refractivity contribution in [1.82, 2.24) is 13.5 Å². The second-order valence-electron chi connectivity index (χ2n) is 5.15. The average molecular weight is 278 g/mol. The van der Waals surface area contributed by atoms with E-state index in [0.717, 1.165) is 0 Å². The van der Waals surface area contributed by atoms with Crippen LogP contribution in [0.3, 0.4) is 0 Å². The van der Waals surface area contributed by atoms with Crippen molar-refractivity contribution in [3.8, 4) is 0 Å². The van der Waals surface area contributed by atoms with E-state index in [2.05, 4.69) is 18.7 Å². The largest absolute Gasteiger partial charge is 0.330 e. The lowest BCUT2D eigenvalue weighted by Crippen LogP contribution is -2.58. The molecule has 2 atom stereocenters. The molecular formula is C11H26N4O2S. The fraction of sp³-hybridized carbons (Fsp3) is 1.00. The van der Waals surface area contributed by atoms with Gasteiger partial charge in [-0.15, -0.1) is 0 Å². The van der Waals surface area contributed by atoms with Gasteiger partial charge in [-0.05, 0) is 33.9 Å². The monoisotopic (exact) mass is 278 g/mol. The van der Waals surface area contributed by atoms with Crippen LogP contribution in [0.15, 0.2) is 0 Å². The molecule has 0 radical (unpaired) electrons. The Morgan fingerprint density at radius 1 is 1.28 bits per heavy atom. The van der Waals surface area contributed by atoms with Crippen molar-refractivity contribution in [3.63, 3.8) is 0 Å². The highest BCUT2D eigenvalue weighted by molar-refractivity contribution is 7.86. The van der Waals surface area contributed by atoms with Crippen LogP contribution in [0, 0.1) is 0 Å². The minimum Gasteiger partial charge on any atom is -0.330 e. The van der Waals surface area contributed by atoms with E-state index in [1.807, 2.05) is 7.05 Å². The standard InChI is InChI=1S/C11H26N4O2S/c1-10-8-15(9-11(2)14(10)4)18(16,17)13(3)7-5-6-12/h10-11H,5-9,12H2,1-4H3. The number of hydrogen-bond acceptors (Lipinski definition) is 4. The first-order valence-corrected chi connectivity index (χ1v) is 7.83. The molecular weight excluding hydrogens is 252 g/mol. The van der Waals surface area contributed by atoms with Crippen molar-refractivity contribution in [2.45, 2.75) is 32.4 Å². The van der Waals surface area contributed by atoms with Gasteiger partial charge >= 0.3 is 0 Å². The first-order chi connectivity index (χ1) is 8.30. The normalized spacial score (nSPS) is 27.9. The highest BCUT2D eigenvalue weighted by Crippen LogP contribution is 2.18. The molecule has 1 aliphatic rings. The number of nitrogens with zero attached hydrogens (tertiary/aromatic N) is 3. The van der Waals surface area contributed by atoms with Gasteiger partial charge in [0.15, 0.2) is 0 Å². The van der Waals surface area contributed by atoms with Crippen molar-refractivity contribution < 1.29 is 8.42 Å². The van der Waals surface area contributed by atoms with Crippen LogP contribution in [0.25, 0.3) is 0 Å². The highest BCUT2D eigenvalue weighted by Gasteiger charge is 2.35. The topological polar surface area (TPSA) is 69.9 Å². The van der Waals surface area contributed by atoms with Gasteiger partial charge in [0.1, 0.15) is 0 Å². The molecule has 0 aromatic heterocycles. The third-order valence-electron chi connectivity index (χ3n) is 3.72. The number of rotatable bonds is 5. The molecule has 1 fully saturated rings. The Labute approximate surface area is 111 Å². The Kier molecular flexibility index (Phi) is 5.54. The fourth-order valence-electron chi connectivity index (χ4n) is 2.17. The summed E-state index contributed by atoms with van der Waals surface area (Å²) in [5.41, 5.74) is 5.42. The summed E-state index contributed by atoms with van der Waals surface area (Å²) in [4.78, 5) is 2.21. The quantitative estimate of drug-likeness (QED) is 0.738. The Morgan fingerprint density at radius 3 is 2.22 bits per heavy atom. The fourth-order valence-corrected chi connectivity index (χ4v) is 3.73. The molecule has 6 nitrogen and oxygen atoms in total. The summed E-state index contributed by atoms with van der Waals surface area (Å²) in [5.74, 6) is 0. The Hall–Kier alpha value is -0.210. The smallest absolute Gasteiger partial charge is 0.281 e. The van der Waals surface area contributed by atoms with Crippen LogP contribution in [-0.4, -0.2) is 74.3 Å². The summed E-state index contributed by atoms with van der Waals surface area (Å²) in [6.07, 6.45) is 0.689. The molecule has 18 heavy (non-hydrogen) atoms. The molecule has 1 aliphatic heterocycles. The van der Waals surface area contributed by atoms with Crippen LogP contribution >= 0.6 is 0 Å². The van der Waals surface area contributed by atoms with Crippen molar-refractivity contribution in [2.24, 2.45) is 5.73 Å². The molecule has 2 N–H and O–H groups in total. The second kappa shape index (κ2) is 6.29. The lowest BCUT2D eigenvalue weighted by Gasteiger charge is -2.42. The molecule has 0 aliphatic carbocycles. The first-order valence-electron chi connectivity index (χ1n) is 6.44. The second-order valence-corrected chi connectivity index (χ2v) is 7.19. The van der Waals surface area contributed by atoms with E-state index in [1.165, 1.54) is 4.31 Å². The Balaban J connectivity index is 2.73. The summed E-state index contributed by atoms with van der Waals surface area (Å²) >= 11 is 0. The maximum Gasteiger partial charge on any atom is 0.281 e. The van der Waals surface area contributed by atoms with Crippen LogP contribution in [0.5, 0.6) is 0 Å². The molecule has 1 rings (SSSR count). The average Bonchev–Trinajstić information content (AvgIpc) is 2.32. The van der Waals surface area contributed by atoms with E-state index in [0.29, 0.717) is 32.6 Å². The third kappa shape index (κ3) is 3.42. The number of likely N-dealkylation sites (N-methyl/N-ethyl adjacent to an activating group) is 1. The first kappa shape index (κ1) is 15.8. The zero-order valence-electron chi connectivity index (χ0n) is 11.8. The van der Waals surface area contributed by atoms with Gasteiger partial charge in [-0.1, -0.05) is 0 Å². The summed E-state index contributed by atoms with van der Waals surface area (Å²) in [7, 11) is 0.324. The number of piperazine rings is 1. The van der Waals surface area contributed by atoms with E-state index >= 15 is 0 Å². The van der Waals surface area contributed by atoms with Crippen LogP contribution < -0.4 is 5.73 Å². The maximum absolute atomic E-state index is 12.4. The molecule has 2 unspecified atom stereocenters. The number of hydrogen-bond donors (Lipinski definition) is 1. The van der Waals surface area contributed by atoms with Gasteiger partial charge < -0.3 is 5.73 Å². The van der Waals surface area contributed by atoms with Gasteiger partial charge in [0.25, 0.3) is 10.2 Å². The molecule has 108 valence electrons. The minimum atomic E-state index is -3.34. The summed E-state index contributed by atoms with van der Waals surface area (Å²) < 4.78 is 27.8. The summed E-state index contributed by atoms with van der Waals surface area (Å²) in [5, 5.41) is 0. The van der Waals surface area contributed by atoms with Crippen molar-refractivity contribution >= 4 is 10.2 Å². The SMILES string of the molecule is CC1CN(S(=O)(=O)N(C)CCCN)CC(C)N1C. The molecule has 1 saturated heterocycles. The van der Waals surface area contributed by atoms with Gasteiger partial charge in [0, 0.05) is 38.8 Å². The summed E-state index contributed by atoms with van der Waals surface area (Å²) in [6.45, 7) is 6.20. The molecule has 0 spiro atoms. The van der Waals surface area contributed by atoms with E-state index < -0.39 is 10.2 Å². The molecule has 0 aromatic rings. The lowest BCUT2D eigenvalue weighted by molar-refractivity contribution is 0.102. The van der Waals surface area contributed by atoms with Gasteiger partial charge in [-0.25, -0.2) is 0 Å². The van der Waals surface area contributed by atoms with E-state index in [4.69, 9.17) is 5.73 Å². The molecule has 0 aromatic carbocycles. The van der Waals surface area contributed by atoms with Crippen molar-refractivity contribution in [1.29, 1.82) is 0 Å². The van der Waals surface area contributed by atoms with Gasteiger partial charge in [0.05, 0.1) is 0 Å². The molecule has 0 bridgehead atoms. The van der Waals surface area contributed by atoms with Crippen molar-refractivity contribution in [3.05, 3.63) is 0 Å². The lowest BCUT2D eigenvalue weighted by atomic mass is 10.1. The van der Waals surface area contributed by atoms with E-state index in [9.17, 15) is 8.42 Å². The van der Waals surface area contributed by atoms with Gasteiger partial charge in [0.2, 0.25) is 0 Å². The molecule has 0 saturated carbocycles. The Bertz CT molecular complexity index is 348.